The van der Waals surface area contributed by atoms with Gasteiger partial charge < -0.3 is 36.6 Å². The van der Waals surface area contributed by atoms with Crippen molar-refractivity contribution in [1.82, 2.24) is 20.0 Å². The van der Waals surface area contributed by atoms with Gasteiger partial charge in [-0.15, -0.1) is 20.3 Å². The number of hydroxylamine groups is 2. The van der Waals surface area contributed by atoms with Crippen LogP contribution in [0, 0.1) is 0 Å². The molecule has 0 aliphatic carbocycles. The number of rotatable bonds is 13. The molecule has 2 aromatic heterocycles. The summed E-state index contributed by atoms with van der Waals surface area (Å²) >= 11 is 0.962. The van der Waals surface area contributed by atoms with Gasteiger partial charge >= 0.3 is 16.4 Å². The number of amides is 2. The molecule has 2 aliphatic rings. The third-order valence-electron chi connectivity index (χ3n) is 8.49. The quantitative estimate of drug-likeness (QED) is 0.0410. The highest BCUT2D eigenvalue weighted by molar-refractivity contribution is 7.80. The van der Waals surface area contributed by atoms with Crippen molar-refractivity contribution in [3.63, 3.8) is 0 Å². The Morgan fingerprint density at radius 2 is 2.06 bits per heavy atom. The minimum atomic E-state index is -5.03. The summed E-state index contributed by atoms with van der Waals surface area (Å²) in [5, 5.41) is 28.4. The zero-order chi connectivity index (χ0) is 36.8. The smallest absolute Gasteiger partial charge is 0.418 e. The SMILES string of the molecule is C[n+]1cc(-c2ccc3c(c2)CC[C@H]([C@](C)(O/N=C(\C(=O)NC2C(=O)N(OS(=O)(=O)O)C2(C)C)c2csc(N)n2)C(=O)O)O3)cn1C[C@@H](O)CN. The molecule has 2 aliphatic heterocycles. The molecule has 1 saturated heterocycles. The number of hydrogen-bond donors (Lipinski definition) is 6. The summed E-state index contributed by atoms with van der Waals surface area (Å²) in [5.41, 5.74) is 9.73. The number of β-lactam (4-membered cyclic amide) rings is 1. The second kappa shape index (κ2) is 13.6. The molecule has 8 N–H and O–H groups in total. The number of carboxylic acids is 1. The fourth-order valence-corrected chi connectivity index (χ4v) is 6.54. The Balaban J connectivity index is 1.36. The molecule has 1 aromatic carbocycles. The highest BCUT2D eigenvalue weighted by atomic mass is 32.3. The van der Waals surface area contributed by atoms with Gasteiger partial charge in [-0.3, -0.25) is 14.1 Å². The number of ether oxygens (including phenoxy) is 1. The van der Waals surface area contributed by atoms with Crippen molar-refractivity contribution in [2.75, 3.05) is 12.3 Å². The highest BCUT2D eigenvalue weighted by Crippen LogP contribution is 2.37. The van der Waals surface area contributed by atoms with Crippen LogP contribution in [0.2, 0.25) is 0 Å². The molecule has 270 valence electrons. The lowest BCUT2D eigenvalue weighted by atomic mass is 9.84. The Kier molecular flexibility index (Phi) is 9.93. The molecule has 21 heteroatoms. The van der Waals surface area contributed by atoms with Gasteiger partial charge in [-0.1, -0.05) is 11.2 Å². The molecule has 2 amide bonds. The average molecular weight is 738 g/mol. The van der Waals surface area contributed by atoms with Crippen molar-refractivity contribution >= 4 is 50.4 Å². The van der Waals surface area contributed by atoms with Gasteiger partial charge in [-0.05, 0) is 56.9 Å². The maximum absolute atomic E-state index is 13.5. The lowest BCUT2D eigenvalue weighted by Gasteiger charge is -2.50. The van der Waals surface area contributed by atoms with Crippen LogP contribution in [0.25, 0.3) is 11.1 Å². The van der Waals surface area contributed by atoms with Crippen molar-refractivity contribution in [3.8, 4) is 16.9 Å². The number of anilines is 1. The molecular formula is C29H37N8O11S2+. The van der Waals surface area contributed by atoms with Crippen LogP contribution in [0.4, 0.5) is 5.13 Å². The van der Waals surface area contributed by atoms with Crippen LogP contribution in [-0.4, -0.2) is 97.3 Å². The fourth-order valence-electron chi connectivity index (χ4n) is 5.53. The minimum Gasteiger partial charge on any atom is -0.485 e. The Bertz CT molecular complexity index is 1960. The third kappa shape index (κ3) is 7.27. The number of fused-ring (bicyclic) bond motifs is 1. The number of carbonyl (C=O) groups excluding carboxylic acids is 2. The van der Waals surface area contributed by atoms with E-state index >= 15 is 0 Å². The van der Waals surface area contributed by atoms with Gasteiger partial charge in [0.1, 0.15) is 24.0 Å². The number of oxime groups is 1. The van der Waals surface area contributed by atoms with E-state index in [1.165, 1.54) is 26.2 Å². The van der Waals surface area contributed by atoms with E-state index in [-0.39, 0.29) is 23.8 Å². The molecule has 1 fully saturated rings. The number of aliphatic hydroxyl groups is 1. The molecule has 50 heavy (non-hydrogen) atoms. The summed E-state index contributed by atoms with van der Waals surface area (Å²) in [6.45, 7) is 4.42. The Morgan fingerprint density at radius 1 is 1.34 bits per heavy atom. The number of benzene rings is 1. The first-order valence-electron chi connectivity index (χ1n) is 15.1. The molecule has 1 unspecified atom stereocenters. The number of aromatic nitrogens is 3. The van der Waals surface area contributed by atoms with Crippen molar-refractivity contribution in [2.45, 2.75) is 69.5 Å². The summed E-state index contributed by atoms with van der Waals surface area (Å²) in [6, 6.07) is 4.13. The number of nitrogen functional groups attached to an aromatic ring is 1. The van der Waals surface area contributed by atoms with E-state index in [4.69, 9.17) is 25.6 Å². The summed E-state index contributed by atoms with van der Waals surface area (Å²) < 4.78 is 45.5. The predicted octanol–water partition coefficient (Wildman–Crippen LogP) is -0.864. The summed E-state index contributed by atoms with van der Waals surface area (Å²) in [6.07, 6.45) is 2.64. The number of aryl methyl sites for hydroxylation is 2. The summed E-state index contributed by atoms with van der Waals surface area (Å²) in [4.78, 5) is 48.4. The molecule has 0 radical (unpaired) electrons. The maximum Gasteiger partial charge on any atom is 0.418 e. The number of carbonyl (C=O) groups is 3. The molecule has 0 saturated carbocycles. The molecule has 19 nitrogen and oxygen atoms in total. The minimum absolute atomic E-state index is 0.0549. The zero-order valence-electron chi connectivity index (χ0n) is 27.3. The lowest BCUT2D eigenvalue weighted by Crippen LogP contribution is -2.76. The van der Waals surface area contributed by atoms with Crippen molar-refractivity contribution in [2.24, 2.45) is 17.9 Å². The number of hydrogen-bond acceptors (Lipinski definition) is 14. The average Bonchev–Trinajstić information content (AvgIpc) is 3.65. The Hall–Kier alpha value is -4.67. The first-order chi connectivity index (χ1) is 23.3. The monoisotopic (exact) mass is 737 g/mol. The van der Waals surface area contributed by atoms with Gasteiger partial charge in [-0.25, -0.2) is 9.78 Å². The zero-order valence-corrected chi connectivity index (χ0v) is 29.0. The lowest BCUT2D eigenvalue weighted by molar-refractivity contribution is -0.754. The van der Waals surface area contributed by atoms with Crippen LogP contribution in [-0.2, 0) is 53.9 Å². The van der Waals surface area contributed by atoms with Crippen LogP contribution in [0.3, 0.4) is 0 Å². The van der Waals surface area contributed by atoms with Gasteiger partial charge in [0.2, 0.25) is 6.20 Å². The largest absolute Gasteiger partial charge is 0.485 e. The van der Waals surface area contributed by atoms with Gasteiger partial charge in [-0.2, -0.15) is 18.2 Å². The molecule has 0 spiro atoms. The third-order valence-corrected chi connectivity index (χ3v) is 9.51. The molecule has 3 aromatic rings. The Morgan fingerprint density at radius 3 is 2.66 bits per heavy atom. The van der Waals surface area contributed by atoms with E-state index in [9.17, 15) is 33.0 Å². The van der Waals surface area contributed by atoms with Crippen LogP contribution >= 0.6 is 11.3 Å². The fraction of sp³-hybridized carbons (Fsp3) is 0.448. The maximum atomic E-state index is 13.5. The van der Waals surface area contributed by atoms with Gasteiger partial charge in [0.15, 0.2) is 24.0 Å². The van der Waals surface area contributed by atoms with Gasteiger partial charge in [0.05, 0.1) is 23.4 Å². The standard InChI is InChI=1S/C29H36N8O11S2/c1-28(2)23(25(40)37(28)48-50(43,44)45)33-24(39)22(19-14-49-27(31)32-19)34-47-29(3,26(41)42)21-8-6-16-9-15(5-7-20(16)46-21)17-11-35(4)36(12-17)13-18(38)10-30/h5,7,9,11-12,14,18,21,23,38H,6,8,10,13,30H2,1-4H3,(H4-,31,32,33,39,41,42,43,44,45)/p+1/b34-22-/t18-,21+,23?,29-/m0/s1. The predicted molar refractivity (Wildman–Crippen MR) is 175 cm³/mol. The normalized spacial score (nSPS) is 20.6. The Labute approximate surface area is 289 Å². The van der Waals surface area contributed by atoms with E-state index in [0.717, 1.165) is 28.0 Å². The molecule has 4 heterocycles. The van der Waals surface area contributed by atoms with Crippen molar-refractivity contribution < 1.29 is 56.1 Å². The van der Waals surface area contributed by atoms with Gasteiger partial charge in [0.25, 0.3) is 17.4 Å². The van der Waals surface area contributed by atoms with Crippen LogP contribution in [0.1, 0.15) is 38.4 Å². The summed E-state index contributed by atoms with van der Waals surface area (Å²) in [5.74, 6) is -3.03. The van der Waals surface area contributed by atoms with Crippen molar-refractivity contribution in [3.05, 3.63) is 47.2 Å². The van der Waals surface area contributed by atoms with E-state index in [1.54, 1.807) is 6.07 Å². The number of nitrogens with one attached hydrogen (secondary N) is 1. The topological polar surface area (TPSA) is 275 Å². The van der Waals surface area contributed by atoms with Crippen molar-refractivity contribution in [1.29, 1.82) is 0 Å². The first kappa shape index (κ1) is 36.6. The number of aliphatic carboxylic acids is 1. The molecule has 4 atom stereocenters. The van der Waals surface area contributed by atoms with Crippen LogP contribution in [0.5, 0.6) is 5.75 Å². The van der Waals surface area contributed by atoms with E-state index in [2.05, 4.69) is 19.7 Å². The number of nitrogens with zero attached hydrogens (tertiary/aromatic N) is 5. The van der Waals surface area contributed by atoms with Crippen LogP contribution in [0.15, 0.2) is 41.1 Å². The van der Waals surface area contributed by atoms with Crippen LogP contribution < -0.4 is 26.2 Å². The van der Waals surface area contributed by atoms with E-state index in [1.807, 2.05) is 40.9 Å². The number of aliphatic hydroxyl groups excluding tert-OH is 1. The number of nitrogens with two attached hydrogens (primary N) is 2. The second-order valence-electron chi connectivity index (χ2n) is 12.5. The van der Waals surface area contributed by atoms with E-state index < -0.39 is 63.3 Å². The number of thiazole rings is 1. The first-order valence-corrected chi connectivity index (χ1v) is 17.4. The van der Waals surface area contributed by atoms with Gasteiger partial charge in [0, 0.05) is 11.9 Å². The molecule has 0 bridgehead atoms. The molecule has 5 rings (SSSR count). The second-order valence-corrected chi connectivity index (χ2v) is 14.4. The highest BCUT2D eigenvalue weighted by Gasteiger charge is 2.58. The summed E-state index contributed by atoms with van der Waals surface area (Å²) in [7, 11) is -3.19. The molecular weight excluding hydrogens is 700 g/mol. The van der Waals surface area contributed by atoms with E-state index in [0.29, 0.717) is 23.8 Å². The number of carboxylic acid groups (broad SMARTS) is 1.